The van der Waals surface area contributed by atoms with Crippen LogP contribution in [-0.2, 0) is 7.05 Å². The molecular formula is C13H18N4S. The summed E-state index contributed by atoms with van der Waals surface area (Å²) in [6.45, 7) is 4.11. The maximum atomic E-state index is 4.64. The quantitative estimate of drug-likeness (QED) is 0.919. The molecule has 3 rings (SSSR count). The molecule has 2 aromatic rings. The summed E-state index contributed by atoms with van der Waals surface area (Å²) in [5, 5.41) is 11.4. The van der Waals surface area contributed by atoms with E-state index in [2.05, 4.69) is 33.9 Å². The van der Waals surface area contributed by atoms with E-state index in [0.717, 1.165) is 16.4 Å². The van der Waals surface area contributed by atoms with Gasteiger partial charge in [-0.15, -0.1) is 11.3 Å². The second-order valence-corrected chi connectivity index (χ2v) is 5.93. The van der Waals surface area contributed by atoms with Gasteiger partial charge in [-0.1, -0.05) is 0 Å². The van der Waals surface area contributed by atoms with Crippen molar-refractivity contribution in [1.29, 1.82) is 0 Å². The zero-order chi connectivity index (χ0) is 12.7. The van der Waals surface area contributed by atoms with Crippen molar-refractivity contribution in [1.82, 2.24) is 20.1 Å². The summed E-state index contributed by atoms with van der Waals surface area (Å²) < 4.78 is 1.88. The van der Waals surface area contributed by atoms with Gasteiger partial charge in [0, 0.05) is 35.9 Å². The first kappa shape index (κ1) is 11.9. The molecule has 0 aromatic carbocycles. The molecule has 96 valence electrons. The molecule has 0 spiro atoms. The highest BCUT2D eigenvalue weighted by atomic mass is 32.1. The Kier molecular flexibility index (Phi) is 2.95. The Balaban J connectivity index is 1.96. The number of hydrogen-bond acceptors (Lipinski definition) is 4. The molecule has 0 bridgehead atoms. The lowest BCUT2D eigenvalue weighted by Crippen LogP contribution is -2.24. The number of aromatic nitrogens is 3. The Morgan fingerprint density at radius 3 is 2.72 bits per heavy atom. The van der Waals surface area contributed by atoms with Gasteiger partial charge in [0.05, 0.1) is 11.7 Å². The van der Waals surface area contributed by atoms with Gasteiger partial charge in [-0.25, -0.2) is 4.98 Å². The maximum Gasteiger partial charge on any atom is 0.115 e. The van der Waals surface area contributed by atoms with Crippen LogP contribution in [0, 0.1) is 13.8 Å². The van der Waals surface area contributed by atoms with Crippen LogP contribution in [0.25, 0.3) is 0 Å². The molecule has 1 saturated carbocycles. The van der Waals surface area contributed by atoms with Crippen LogP contribution in [0.5, 0.6) is 0 Å². The van der Waals surface area contributed by atoms with Gasteiger partial charge >= 0.3 is 0 Å². The van der Waals surface area contributed by atoms with E-state index in [9.17, 15) is 0 Å². The molecule has 1 N–H and O–H groups in total. The van der Waals surface area contributed by atoms with Gasteiger partial charge in [0.15, 0.2) is 0 Å². The third kappa shape index (κ3) is 2.33. The molecule has 1 fully saturated rings. The van der Waals surface area contributed by atoms with Crippen molar-refractivity contribution in [3.8, 4) is 0 Å². The summed E-state index contributed by atoms with van der Waals surface area (Å²) in [6.07, 6.45) is 4.66. The number of nitrogens with zero attached hydrogens (tertiary/aromatic N) is 3. The van der Waals surface area contributed by atoms with Crippen molar-refractivity contribution in [3.05, 3.63) is 33.5 Å². The zero-order valence-corrected chi connectivity index (χ0v) is 11.8. The van der Waals surface area contributed by atoms with Crippen LogP contribution < -0.4 is 5.32 Å². The van der Waals surface area contributed by atoms with E-state index in [1.165, 1.54) is 18.4 Å². The molecule has 0 saturated heterocycles. The van der Waals surface area contributed by atoms with Crippen molar-refractivity contribution < 1.29 is 0 Å². The topological polar surface area (TPSA) is 42.7 Å². The molecule has 0 radical (unpaired) electrons. The van der Waals surface area contributed by atoms with E-state index in [1.54, 1.807) is 11.3 Å². The summed E-state index contributed by atoms with van der Waals surface area (Å²) in [5.74, 6) is 0. The lowest BCUT2D eigenvalue weighted by Gasteiger charge is -2.15. The number of hydrogen-bond donors (Lipinski definition) is 1. The first-order chi connectivity index (χ1) is 8.63. The van der Waals surface area contributed by atoms with Crippen LogP contribution in [0.3, 0.4) is 0 Å². The fourth-order valence-electron chi connectivity index (χ4n) is 2.19. The van der Waals surface area contributed by atoms with Crippen LogP contribution in [0.2, 0.25) is 0 Å². The van der Waals surface area contributed by atoms with Crippen molar-refractivity contribution in [2.45, 2.75) is 38.8 Å². The molecule has 4 nitrogen and oxygen atoms in total. The van der Waals surface area contributed by atoms with Crippen LogP contribution >= 0.6 is 11.3 Å². The minimum Gasteiger partial charge on any atom is -0.301 e. The smallest absolute Gasteiger partial charge is 0.115 e. The van der Waals surface area contributed by atoms with Crippen LogP contribution in [0.15, 0.2) is 11.6 Å². The number of rotatable bonds is 4. The number of nitrogens with one attached hydrogen (secondary N) is 1. The minimum absolute atomic E-state index is 0.199. The average molecular weight is 262 g/mol. The summed E-state index contributed by atoms with van der Waals surface area (Å²) in [4.78, 5) is 4.64. The third-order valence-corrected chi connectivity index (χ3v) is 4.25. The molecule has 5 heteroatoms. The summed E-state index contributed by atoms with van der Waals surface area (Å²) in [6, 6.07) is 0.851. The van der Waals surface area contributed by atoms with Crippen LogP contribution in [0.4, 0.5) is 0 Å². The molecule has 2 heterocycles. The first-order valence-electron chi connectivity index (χ1n) is 6.31. The maximum absolute atomic E-state index is 4.64. The second kappa shape index (κ2) is 4.48. The molecule has 1 atom stereocenters. The van der Waals surface area contributed by atoms with Crippen molar-refractivity contribution >= 4 is 11.3 Å². The van der Waals surface area contributed by atoms with Gasteiger partial charge in [0.1, 0.15) is 5.01 Å². The SMILES string of the molecule is Cc1csc(C(NC2CC2)c2cn(C)nc2C)n1. The highest BCUT2D eigenvalue weighted by molar-refractivity contribution is 7.09. The summed E-state index contributed by atoms with van der Waals surface area (Å²) in [7, 11) is 1.97. The monoisotopic (exact) mass is 262 g/mol. The van der Waals surface area contributed by atoms with Crippen molar-refractivity contribution in [2.24, 2.45) is 7.05 Å². The van der Waals surface area contributed by atoms with E-state index in [4.69, 9.17) is 0 Å². The molecule has 0 amide bonds. The van der Waals surface area contributed by atoms with Gasteiger partial charge in [0.25, 0.3) is 0 Å². The highest BCUT2D eigenvalue weighted by Gasteiger charge is 2.29. The van der Waals surface area contributed by atoms with E-state index in [0.29, 0.717) is 6.04 Å². The molecule has 1 unspecified atom stereocenters. The molecule has 18 heavy (non-hydrogen) atoms. The lowest BCUT2D eigenvalue weighted by molar-refractivity contribution is 0.594. The number of thiazole rings is 1. The number of aryl methyl sites for hydroxylation is 3. The third-order valence-electron chi connectivity index (χ3n) is 3.23. The van der Waals surface area contributed by atoms with Crippen molar-refractivity contribution in [2.75, 3.05) is 0 Å². The van der Waals surface area contributed by atoms with E-state index < -0.39 is 0 Å². The Morgan fingerprint density at radius 2 is 2.22 bits per heavy atom. The summed E-state index contributed by atoms with van der Waals surface area (Å²) >= 11 is 1.73. The zero-order valence-electron chi connectivity index (χ0n) is 11.0. The predicted molar refractivity (Wildman–Crippen MR) is 72.8 cm³/mol. The van der Waals surface area contributed by atoms with E-state index in [1.807, 2.05) is 18.7 Å². The van der Waals surface area contributed by atoms with Gasteiger partial charge in [-0.3, -0.25) is 4.68 Å². The average Bonchev–Trinajstić information content (AvgIpc) is 2.94. The normalized spacial score (nSPS) is 17.1. The Bertz CT molecular complexity index is 553. The fraction of sp³-hybridized carbons (Fsp3) is 0.538. The van der Waals surface area contributed by atoms with Crippen LogP contribution in [-0.4, -0.2) is 20.8 Å². The molecule has 0 aliphatic heterocycles. The van der Waals surface area contributed by atoms with Gasteiger partial charge in [-0.05, 0) is 26.7 Å². The minimum atomic E-state index is 0.199. The van der Waals surface area contributed by atoms with E-state index in [-0.39, 0.29) is 6.04 Å². The van der Waals surface area contributed by atoms with Crippen molar-refractivity contribution in [3.63, 3.8) is 0 Å². The fourth-order valence-corrected chi connectivity index (χ4v) is 3.06. The highest BCUT2D eigenvalue weighted by Crippen LogP contribution is 2.31. The van der Waals surface area contributed by atoms with Gasteiger partial charge < -0.3 is 5.32 Å². The molecular weight excluding hydrogens is 244 g/mol. The Morgan fingerprint density at radius 1 is 1.44 bits per heavy atom. The first-order valence-corrected chi connectivity index (χ1v) is 7.19. The van der Waals surface area contributed by atoms with E-state index >= 15 is 0 Å². The van der Waals surface area contributed by atoms with Gasteiger partial charge in [0.2, 0.25) is 0 Å². The van der Waals surface area contributed by atoms with Crippen LogP contribution in [0.1, 0.15) is 40.8 Å². The molecule has 1 aliphatic carbocycles. The predicted octanol–water partition coefficient (Wildman–Crippen LogP) is 2.33. The van der Waals surface area contributed by atoms with Gasteiger partial charge in [-0.2, -0.15) is 5.10 Å². The standard InChI is InChI=1S/C13H18N4S/c1-8-7-18-13(14-8)12(15-10-4-5-10)11-6-17(3)16-9(11)2/h6-7,10,12,15H,4-5H2,1-3H3. The Labute approximate surface area is 111 Å². The molecule has 1 aliphatic rings. The lowest BCUT2D eigenvalue weighted by atomic mass is 10.1. The Hall–Kier alpha value is -1.20. The molecule has 2 aromatic heterocycles. The second-order valence-electron chi connectivity index (χ2n) is 5.04. The largest absolute Gasteiger partial charge is 0.301 e. The summed E-state index contributed by atoms with van der Waals surface area (Å²) in [5.41, 5.74) is 3.43.